The highest BCUT2D eigenvalue weighted by Crippen LogP contribution is 2.32. The lowest BCUT2D eigenvalue weighted by atomic mass is 9.97. The first kappa shape index (κ1) is 22.9. The summed E-state index contributed by atoms with van der Waals surface area (Å²) in [6.07, 6.45) is -0.615. The minimum Gasteiger partial charge on any atom is -0.299 e. The van der Waals surface area contributed by atoms with Crippen LogP contribution in [-0.4, -0.2) is 24.5 Å². The number of nitrogens with zero attached hydrogens (tertiary/aromatic N) is 1. The van der Waals surface area contributed by atoms with Crippen LogP contribution in [0.5, 0.6) is 0 Å². The maximum atomic E-state index is 13.0. The third-order valence-corrected chi connectivity index (χ3v) is 6.16. The first-order valence-corrected chi connectivity index (χ1v) is 11.2. The Bertz CT molecular complexity index is 1100. The van der Waals surface area contributed by atoms with Crippen molar-refractivity contribution in [2.45, 2.75) is 19.0 Å². The zero-order chi connectivity index (χ0) is 22.7. The van der Waals surface area contributed by atoms with Gasteiger partial charge < -0.3 is 0 Å². The van der Waals surface area contributed by atoms with E-state index in [4.69, 9.17) is 23.2 Å². The average molecular weight is 476 g/mol. The van der Waals surface area contributed by atoms with Crippen molar-refractivity contribution in [3.05, 3.63) is 99.5 Å². The van der Waals surface area contributed by atoms with Crippen LogP contribution in [0.1, 0.15) is 23.1 Å². The van der Waals surface area contributed by atoms with Crippen LogP contribution in [-0.2, 0) is 12.6 Å². The molecule has 1 nitrogen and oxygen atoms in total. The van der Waals surface area contributed by atoms with Crippen LogP contribution < -0.4 is 0 Å². The van der Waals surface area contributed by atoms with Gasteiger partial charge in [-0.2, -0.15) is 13.2 Å². The quantitative estimate of drug-likeness (QED) is 0.361. The van der Waals surface area contributed by atoms with Gasteiger partial charge in [-0.3, -0.25) is 4.90 Å². The molecule has 1 heterocycles. The molecule has 6 heteroatoms. The smallest absolute Gasteiger partial charge is 0.299 e. The van der Waals surface area contributed by atoms with Gasteiger partial charge in [-0.05, 0) is 71.0 Å². The van der Waals surface area contributed by atoms with Crippen LogP contribution >= 0.6 is 23.2 Å². The summed E-state index contributed by atoms with van der Waals surface area (Å²) in [6, 6.07) is 19.5. The Morgan fingerprint density at radius 2 is 1.53 bits per heavy atom. The summed E-state index contributed by atoms with van der Waals surface area (Å²) < 4.78 is 38.9. The molecular weight excluding hydrogens is 454 g/mol. The van der Waals surface area contributed by atoms with Crippen LogP contribution in [0.4, 0.5) is 13.2 Å². The molecule has 0 amide bonds. The number of benzene rings is 3. The summed E-state index contributed by atoms with van der Waals surface area (Å²) >= 11 is 12.2. The number of rotatable bonds is 5. The molecule has 4 rings (SSSR count). The molecule has 0 aromatic heterocycles. The Morgan fingerprint density at radius 3 is 2.16 bits per heavy atom. The second-order valence-electron chi connectivity index (χ2n) is 7.96. The van der Waals surface area contributed by atoms with Gasteiger partial charge in [-0.15, -0.1) is 0 Å². The van der Waals surface area contributed by atoms with E-state index in [9.17, 15) is 13.2 Å². The summed E-state index contributed by atoms with van der Waals surface area (Å²) in [5, 5.41) is 1.22. The molecule has 0 bridgehead atoms. The monoisotopic (exact) mass is 475 g/mol. The Hall–Kier alpha value is -2.27. The summed E-state index contributed by atoms with van der Waals surface area (Å²) in [5.74, 6) is 0. The van der Waals surface area contributed by atoms with Crippen LogP contribution in [0, 0.1) is 0 Å². The fraction of sp³-hybridized carbons (Fsp3) is 0.231. The highest BCUT2D eigenvalue weighted by atomic mass is 35.5. The number of hydrogen-bond acceptors (Lipinski definition) is 1. The minimum atomic E-state index is -4.31. The van der Waals surface area contributed by atoms with Crippen LogP contribution in [0.15, 0.2) is 72.8 Å². The van der Waals surface area contributed by atoms with Gasteiger partial charge in [-0.25, -0.2) is 0 Å². The molecule has 0 fully saturated rings. The van der Waals surface area contributed by atoms with Crippen molar-refractivity contribution < 1.29 is 13.2 Å². The summed E-state index contributed by atoms with van der Waals surface area (Å²) in [6.45, 7) is 2.47. The molecule has 166 valence electrons. The fourth-order valence-electron chi connectivity index (χ4n) is 3.94. The predicted molar refractivity (Wildman–Crippen MR) is 126 cm³/mol. The Balaban J connectivity index is 1.34. The van der Waals surface area contributed by atoms with E-state index >= 15 is 0 Å². The molecule has 1 aliphatic heterocycles. The standard InChI is InChI=1S/C26H22Cl2F3N/c27-24-15-22(16-25(28)17-24)19-6-4-18(5-7-19)8-11-32-12-9-20(10-13-32)21-2-1-3-23(14-21)26(29,30)31/h1-7,9,14-17H,8,10-13H2. The van der Waals surface area contributed by atoms with E-state index in [2.05, 4.69) is 29.2 Å². The van der Waals surface area contributed by atoms with Gasteiger partial charge in [0.1, 0.15) is 0 Å². The predicted octanol–water partition coefficient (Wildman–Crippen LogP) is 8.01. The highest BCUT2D eigenvalue weighted by Gasteiger charge is 2.30. The Morgan fingerprint density at radius 1 is 0.812 bits per heavy atom. The molecule has 32 heavy (non-hydrogen) atoms. The van der Waals surface area contributed by atoms with Crippen LogP contribution in [0.2, 0.25) is 10.0 Å². The summed E-state index contributed by atoms with van der Waals surface area (Å²) in [5.41, 5.74) is 4.33. The van der Waals surface area contributed by atoms with Crippen molar-refractivity contribution in [3.63, 3.8) is 0 Å². The molecule has 3 aromatic rings. The molecule has 0 saturated carbocycles. The van der Waals surface area contributed by atoms with Crippen molar-refractivity contribution in [1.82, 2.24) is 4.90 Å². The van der Waals surface area contributed by atoms with Gasteiger partial charge >= 0.3 is 6.18 Å². The van der Waals surface area contributed by atoms with E-state index in [-0.39, 0.29) is 0 Å². The maximum absolute atomic E-state index is 13.0. The molecule has 3 aromatic carbocycles. The lowest BCUT2D eigenvalue weighted by Gasteiger charge is -2.26. The normalized spacial score (nSPS) is 15.0. The molecule has 1 aliphatic rings. The van der Waals surface area contributed by atoms with E-state index in [1.807, 2.05) is 18.2 Å². The second kappa shape index (κ2) is 9.70. The van der Waals surface area contributed by atoms with E-state index < -0.39 is 11.7 Å². The number of alkyl halides is 3. The SMILES string of the molecule is FC(F)(F)c1cccc(C2=CCN(CCc3ccc(-c4cc(Cl)cc(Cl)c4)cc3)CC2)c1. The summed E-state index contributed by atoms with van der Waals surface area (Å²) in [4.78, 5) is 2.32. The van der Waals surface area contributed by atoms with Crippen molar-refractivity contribution in [1.29, 1.82) is 0 Å². The third kappa shape index (κ3) is 5.74. The second-order valence-corrected chi connectivity index (χ2v) is 8.84. The first-order chi connectivity index (χ1) is 15.3. The van der Waals surface area contributed by atoms with E-state index in [0.29, 0.717) is 15.6 Å². The van der Waals surface area contributed by atoms with Gasteiger partial charge in [-0.1, -0.05) is 65.7 Å². The topological polar surface area (TPSA) is 3.24 Å². The zero-order valence-electron chi connectivity index (χ0n) is 17.3. The Labute approximate surface area is 196 Å². The highest BCUT2D eigenvalue weighted by molar-refractivity contribution is 6.35. The van der Waals surface area contributed by atoms with E-state index in [0.717, 1.165) is 55.2 Å². The molecular formula is C26H22Cl2F3N. The van der Waals surface area contributed by atoms with Gasteiger partial charge in [0.05, 0.1) is 5.56 Å². The first-order valence-electron chi connectivity index (χ1n) is 10.4. The zero-order valence-corrected chi connectivity index (χ0v) is 18.8. The van der Waals surface area contributed by atoms with Gasteiger partial charge in [0.2, 0.25) is 0 Å². The molecule has 0 saturated heterocycles. The number of hydrogen-bond donors (Lipinski definition) is 0. The largest absolute Gasteiger partial charge is 0.416 e. The lowest BCUT2D eigenvalue weighted by molar-refractivity contribution is -0.137. The van der Waals surface area contributed by atoms with Crippen molar-refractivity contribution in [2.24, 2.45) is 0 Å². The van der Waals surface area contributed by atoms with Gasteiger partial charge in [0.15, 0.2) is 0 Å². The number of halogens is 5. The molecule has 0 atom stereocenters. The van der Waals surface area contributed by atoms with Crippen molar-refractivity contribution in [3.8, 4) is 11.1 Å². The minimum absolute atomic E-state index is 0.596. The molecule has 0 unspecified atom stereocenters. The van der Waals surface area contributed by atoms with E-state index in [1.165, 1.54) is 17.7 Å². The van der Waals surface area contributed by atoms with Crippen LogP contribution in [0.25, 0.3) is 16.7 Å². The molecule has 0 spiro atoms. The van der Waals surface area contributed by atoms with Crippen LogP contribution in [0.3, 0.4) is 0 Å². The Kier molecular flexibility index (Phi) is 6.94. The lowest BCUT2D eigenvalue weighted by Crippen LogP contribution is -2.30. The third-order valence-electron chi connectivity index (χ3n) is 5.72. The van der Waals surface area contributed by atoms with Crippen molar-refractivity contribution >= 4 is 28.8 Å². The molecule has 0 radical (unpaired) electrons. The molecule has 0 aliphatic carbocycles. The maximum Gasteiger partial charge on any atom is 0.416 e. The van der Waals surface area contributed by atoms with Crippen molar-refractivity contribution in [2.75, 3.05) is 19.6 Å². The van der Waals surface area contributed by atoms with Gasteiger partial charge in [0.25, 0.3) is 0 Å². The van der Waals surface area contributed by atoms with Gasteiger partial charge in [0, 0.05) is 29.7 Å². The van der Waals surface area contributed by atoms with E-state index in [1.54, 1.807) is 12.1 Å². The summed E-state index contributed by atoms with van der Waals surface area (Å²) in [7, 11) is 0. The fourth-order valence-corrected chi connectivity index (χ4v) is 4.47. The molecule has 0 N–H and O–H groups in total. The average Bonchev–Trinajstić information content (AvgIpc) is 2.77.